The quantitative estimate of drug-likeness (QED) is 0.493. The third-order valence-corrected chi connectivity index (χ3v) is 5.68. The number of ether oxygens (including phenoxy) is 2. The van der Waals surface area contributed by atoms with E-state index in [1.165, 1.54) is 0 Å². The first-order chi connectivity index (χ1) is 11.5. The summed E-state index contributed by atoms with van der Waals surface area (Å²) in [6.45, 7) is 5.38. The Morgan fingerprint density at radius 3 is 2.52 bits per heavy atom. The number of allylic oxidation sites excluding steroid dienone is 1. The van der Waals surface area contributed by atoms with Gasteiger partial charge in [-0.2, -0.15) is 0 Å². The van der Waals surface area contributed by atoms with Crippen molar-refractivity contribution in [2.75, 3.05) is 0 Å². The summed E-state index contributed by atoms with van der Waals surface area (Å²) in [6.07, 6.45) is 0.567. The van der Waals surface area contributed by atoms with E-state index in [0.717, 1.165) is 11.1 Å². The molecule has 25 heavy (non-hydrogen) atoms. The zero-order valence-electron chi connectivity index (χ0n) is 13.8. The van der Waals surface area contributed by atoms with Gasteiger partial charge in [-0.25, -0.2) is 4.79 Å². The Kier molecular flexibility index (Phi) is 4.71. The van der Waals surface area contributed by atoms with Crippen molar-refractivity contribution in [1.82, 2.24) is 0 Å². The Morgan fingerprint density at radius 2 is 1.92 bits per heavy atom. The van der Waals surface area contributed by atoms with Gasteiger partial charge in [-0.1, -0.05) is 52.9 Å². The molecule has 8 heteroatoms. The second-order valence-corrected chi connectivity index (χ2v) is 9.12. The molecule has 3 rings (SSSR count). The van der Waals surface area contributed by atoms with Gasteiger partial charge in [0, 0.05) is 23.8 Å². The van der Waals surface area contributed by atoms with Crippen LogP contribution in [0.4, 0.5) is 0 Å². The maximum atomic E-state index is 12.4. The predicted octanol–water partition coefficient (Wildman–Crippen LogP) is 3.31. The lowest BCUT2D eigenvalue weighted by Crippen LogP contribution is -2.39. The Bertz CT molecular complexity index is 718. The summed E-state index contributed by atoms with van der Waals surface area (Å²) in [4.78, 5) is 36.6. The molecule has 0 spiro atoms. The SMILES string of the molecule is CC1=CC(=O)C2=C(C)C[C@@H](OC(=O)C(Cl)(Cl)Cl)[C@@H]3[C@@H](OC(=O)[C@@H]3C)[C@H]12. The first kappa shape index (κ1) is 18.7. The number of carbonyl (C=O) groups is 3. The van der Waals surface area contributed by atoms with Crippen molar-refractivity contribution in [2.24, 2.45) is 17.8 Å². The van der Waals surface area contributed by atoms with E-state index >= 15 is 0 Å². The number of esters is 2. The fourth-order valence-corrected chi connectivity index (χ4v) is 4.25. The molecule has 1 saturated heterocycles. The minimum absolute atomic E-state index is 0.0947. The second-order valence-electron chi connectivity index (χ2n) is 6.84. The molecule has 136 valence electrons. The van der Waals surface area contributed by atoms with Crippen molar-refractivity contribution in [2.45, 2.75) is 43.2 Å². The smallest absolute Gasteiger partial charge is 0.358 e. The van der Waals surface area contributed by atoms with Gasteiger partial charge in [-0.15, -0.1) is 0 Å². The minimum Gasteiger partial charge on any atom is -0.461 e. The van der Waals surface area contributed by atoms with Crippen LogP contribution in [0.1, 0.15) is 27.2 Å². The van der Waals surface area contributed by atoms with E-state index in [4.69, 9.17) is 44.3 Å². The van der Waals surface area contributed by atoms with Gasteiger partial charge in [0.25, 0.3) is 3.79 Å². The molecule has 0 N–H and O–H groups in total. The molecule has 1 aliphatic heterocycles. The molecular weight excluding hydrogens is 391 g/mol. The fraction of sp³-hybridized carbons (Fsp3) is 0.588. The normalized spacial score (nSPS) is 35.0. The van der Waals surface area contributed by atoms with Crippen LogP contribution < -0.4 is 0 Å². The highest BCUT2D eigenvalue weighted by molar-refractivity contribution is 6.75. The monoisotopic (exact) mass is 406 g/mol. The van der Waals surface area contributed by atoms with Gasteiger partial charge in [-0.3, -0.25) is 9.59 Å². The van der Waals surface area contributed by atoms with Crippen LogP contribution in [0.2, 0.25) is 0 Å². The van der Waals surface area contributed by atoms with Crippen molar-refractivity contribution in [3.63, 3.8) is 0 Å². The van der Waals surface area contributed by atoms with Crippen molar-refractivity contribution in [1.29, 1.82) is 0 Å². The summed E-state index contributed by atoms with van der Waals surface area (Å²) in [5.41, 5.74) is 2.24. The molecule has 0 bridgehead atoms. The van der Waals surface area contributed by atoms with Gasteiger partial charge in [0.15, 0.2) is 5.78 Å². The summed E-state index contributed by atoms with van der Waals surface area (Å²) >= 11 is 16.8. The van der Waals surface area contributed by atoms with Gasteiger partial charge in [0.2, 0.25) is 0 Å². The van der Waals surface area contributed by atoms with E-state index in [9.17, 15) is 14.4 Å². The minimum atomic E-state index is -2.21. The van der Waals surface area contributed by atoms with Crippen LogP contribution in [0, 0.1) is 17.8 Å². The van der Waals surface area contributed by atoms with E-state index in [1.807, 2.05) is 13.8 Å². The molecule has 0 amide bonds. The standard InChI is InChI=1S/C17H17Cl3O5/c1-6-4-9(21)11-7(2)5-10(24-16(23)17(18,19)20)13-8(3)15(22)25-14(13)12(6)11/h4,8,10,12-14H,5H2,1-3H3/t8-,10-,12-,13-,14+/m1/s1. The van der Waals surface area contributed by atoms with Gasteiger partial charge in [0.1, 0.15) is 12.2 Å². The van der Waals surface area contributed by atoms with Crippen LogP contribution >= 0.6 is 34.8 Å². The highest BCUT2D eigenvalue weighted by Gasteiger charge is 2.55. The van der Waals surface area contributed by atoms with Crippen molar-refractivity contribution >= 4 is 52.5 Å². The van der Waals surface area contributed by atoms with Crippen LogP contribution in [-0.4, -0.2) is 33.7 Å². The van der Waals surface area contributed by atoms with Crippen molar-refractivity contribution in [3.8, 4) is 0 Å². The summed E-state index contributed by atoms with van der Waals surface area (Å²) in [5, 5.41) is 0. The molecule has 0 aromatic heterocycles. The van der Waals surface area contributed by atoms with Gasteiger partial charge >= 0.3 is 11.9 Å². The number of hydrogen-bond donors (Lipinski definition) is 0. The highest BCUT2D eigenvalue weighted by Crippen LogP contribution is 2.49. The Labute approximate surface area is 160 Å². The number of hydrogen-bond acceptors (Lipinski definition) is 5. The summed E-state index contributed by atoms with van der Waals surface area (Å²) < 4.78 is 8.81. The van der Waals surface area contributed by atoms with Crippen LogP contribution in [-0.2, 0) is 23.9 Å². The zero-order chi connectivity index (χ0) is 18.7. The predicted molar refractivity (Wildman–Crippen MR) is 92.3 cm³/mol. The molecule has 0 aromatic rings. The summed E-state index contributed by atoms with van der Waals surface area (Å²) in [6, 6.07) is 0. The Hall–Kier alpha value is -1.04. The van der Waals surface area contributed by atoms with Gasteiger partial charge in [-0.05, 0) is 19.9 Å². The fourth-order valence-electron chi connectivity index (χ4n) is 4.11. The van der Waals surface area contributed by atoms with E-state index < -0.39 is 33.8 Å². The van der Waals surface area contributed by atoms with E-state index in [-0.39, 0.29) is 24.1 Å². The second kappa shape index (κ2) is 6.29. The molecular formula is C17H17Cl3O5. The first-order valence-electron chi connectivity index (χ1n) is 7.92. The van der Waals surface area contributed by atoms with Crippen LogP contribution in [0.25, 0.3) is 0 Å². The number of alkyl halides is 3. The number of carbonyl (C=O) groups excluding carboxylic acids is 3. The van der Waals surface area contributed by atoms with Crippen LogP contribution in [0.15, 0.2) is 22.8 Å². The molecule has 1 heterocycles. The highest BCUT2D eigenvalue weighted by atomic mass is 35.6. The average molecular weight is 408 g/mol. The summed E-state index contributed by atoms with van der Waals surface area (Å²) in [5.74, 6) is -2.71. The van der Waals surface area contributed by atoms with Crippen LogP contribution in [0.5, 0.6) is 0 Å². The lowest BCUT2D eigenvalue weighted by atomic mass is 9.79. The number of fused-ring (bicyclic) bond motifs is 3. The Balaban J connectivity index is 2.03. The largest absolute Gasteiger partial charge is 0.461 e. The molecule has 5 nitrogen and oxygen atoms in total. The zero-order valence-corrected chi connectivity index (χ0v) is 16.1. The molecule has 0 saturated carbocycles. The van der Waals surface area contributed by atoms with Crippen molar-refractivity contribution < 1.29 is 23.9 Å². The van der Waals surface area contributed by atoms with Gasteiger partial charge in [0.05, 0.1) is 5.92 Å². The van der Waals surface area contributed by atoms with Gasteiger partial charge < -0.3 is 9.47 Å². The number of rotatable bonds is 1. The van der Waals surface area contributed by atoms with E-state index in [0.29, 0.717) is 5.57 Å². The maximum Gasteiger partial charge on any atom is 0.358 e. The molecule has 3 aliphatic rings. The molecule has 1 fully saturated rings. The van der Waals surface area contributed by atoms with Crippen molar-refractivity contribution in [3.05, 3.63) is 22.8 Å². The number of ketones is 1. The topological polar surface area (TPSA) is 69.7 Å². The molecule has 2 aliphatic carbocycles. The van der Waals surface area contributed by atoms with E-state index in [2.05, 4.69) is 0 Å². The Morgan fingerprint density at radius 1 is 1.28 bits per heavy atom. The maximum absolute atomic E-state index is 12.4. The van der Waals surface area contributed by atoms with E-state index in [1.54, 1.807) is 13.0 Å². The summed E-state index contributed by atoms with van der Waals surface area (Å²) in [7, 11) is 0. The molecule has 0 radical (unpaired) electrons. The molecule has 0 aromatic carbocycles. The lowest BCUT2D eigenvalue weighted by Gasteiger charge is -2.30. The lowest BCUT2D eigenvalue weighted by molar-refractivity contribution is -0.152. The third-order valence-electron chi connectivity index (χ3n) is 5.22. The molecule has 5 atom stereocenters. The third kappa shape index (κ3) is 3.11. The molecule has 0 unspecified atom stereocenters. The van der Waals surface area contributed by atoms with Crippen LogP contribution in [0.3, 0.4) is 0 Å². The number of halogens is 3. The average Bonchev–Trinajstić information content (AvgIpc) is 2.89. The first-order valence-corrected chi connectivity index (χ1v) is 9.06.